The monoisotopic (exact) mass is 360 g/mol. The Balaban J connectivity index is 2.55. The maximum atomic E-state index is 12.0. The molecule has 1 unspecified atom stereocenters. The fourth-order valence-corrected chi connectivity index (χ4v) is 3.02. The van der Waals surface area contributed by atoms with E-state index < -0.39 is 36.8 Å². The molecule has 5 atom stereocenters. The standard InChI is InChI=1S/C16H21ClO7/c1-8-3-4-9(5-10(8)11(19)6-17)16(23-2)15(22)14(21)13(20)12(7-18)24-16/h3-5,12-15,18,20-22H,6-7H2,1-2H3/t12-,13-,14+,15-,16?/m1/s1. The average molecular weight is 361 g/mol. The van der Waals surface area contributed by atoms with Crippen molar-refractivity contribution in [2.45, 2.75) is 37.1 Å². The van der Waals surface area contributed by atoms with E-state index in [0.29, 0.717) is 11.1 Å². The van der Waals surface area contributed by atoms with Crippen LogP contribution in [-0.4, -0.2) is 70.2 Å². The minimum absolute atomic E-state index is 0.214. The number of rotatable bonds is 5. The third-order valence-corrected chi connectivity index (χ3v) is 4.56. The molecule has 0 radical (unpaired) electrons. The van der Waals surface area contributed by atoms with Crippen molar-refractivity contribution in [2.24, 2.45) is 0 Å². The van der Waals surface area contributed by atoms with Crippen LogP contribution in [0.3, 0.4) is 0 Å². The summed E-state index contributed by atoms with van der Waals surface area (Å²) in [5, 5.41) is 39.8. The second-order valence-electron chi connectivity index (χ2n) is 5.72. The zero-order valence-corrected chi connectivity index (χ0v) is 14.1. The summed E-state index contributed by atoms with van der Waals surface area (Å²) < 4.78 is 10.9. The molecule has 1 aromatic rings. The number of Topliss-reactive ketones (excluding diaryl/α,β-unsaturated/α-hetero) is 1. The number of halogens is 1. The van der Waals surface area contributed by atoms with Crippen LogP contribution < -0.4 is 0 Å². The zero-order valence-electron chi connectivity index (χ0n) is 13.3. The van der Waals surface area contributed by atoms with Crippen molar-refractivity contribution in [1.82, 2.24) is 0 Å². The Morgan fingerprint density at radius 2 is 2.00 bits per heavy atom. The molecule has 0 spiro atoms. The van der Waals surface area contributed by atoms with Crippen LogP contribution in [0.1, 0.15) is 21.5 Å². The summed E-state index contributed by atoms with van der Waals surface area (Å²) in [4.78, 5) is 12.0. The van der Waals surface area contributed by atoms with Crippen LogP contribution in [0.15, 0.2) is 18.2 Å². The average Bonchev–Trinajstić information content (AvgIpc) is 2.60. The number of carbonyl (C=O) groups excluding carboxylic acids is 1. The van der Waals surface area contributed by atoms with Gasteiger partial charge in [0.1, 0.15) is 24.4 Å². The van der Waals surface area contributed by atoms with Crippen molar-refractivity contribution in [3.8, 4) is 0 Å². The van der Waals surface area contributed by atoms with Gasteiger partial charge < -0.3 is 29.9 Å². The first-order valence-corrected chi connectivity index (χ1v) is 7.94. The molecule has 4 N–H and O–H groups in total. The van der Waals surface area contributed by atoms with Crippen LogP contribution in [0.5, 0.6) is 0 Å². The number of methoxy groups -OCH3 is 1. The fraction of sp³-hybridized carbons (Fsp3) is 0.562. The van der Waals surface area contributed by atoms with Crippen LogP contribution >= 0.6 is 11.6 Å². The maximum Gasteiger partial charge on any atom is 0.224 e. The molecule has 0 bridgehead atoms. The maximum absolute atomic E-state index is 12.0. The number of hydrogen-bond acceptors (Lipinski definition) is 7. The molecular formula is C16H21ClO7. The van der Waals surface area contributed by atoms with E-state index in [-0.39, 0.29) is 17.2 Å². The van der Waals surface area contributed by atoms with Gasteiger partial charge in [0.2, 0.25) is 5.79 Å². The number of aryl methyl sites for hydroxylation is 1. The van der Waals surface area contributed by atoms with Gasteiger partial charge >= 0.3 is 0 Å². The number of aliphatic hydroxyl groups is 4. The molecule has 8 heteroatoms. The quantitative estimate of drug-likeness (QED) is 0.420. The first kappa shape index (κ1) is 19.3. The molecule has 0 aliphatic carbocycles. The zero-order chi connectivity index (χ0) is 18.1. The summed E-state index contributed by atoms with van der Waals surface area (Å²) in [6.07, 6.45) is -5.90. The van der Waals surface area contributed by atoms with Gasteiger partial charge in [-0.05, 0) is 18.6 Å². The molecule has 0 amide bonds. The predicted octanol–water partition coefficient (Wildman–Crippen LogP) is -0.310. The van der Waals surface area contributed by atoms with E-state index in [4.69, 9.17) is 21.1 Å². The summed E-state index contributed by atoms with van der Waals surface area (Å²) in [6, 6.07) is 4.68. The molecule has 1 aliphatic heterocycles. The molecule has 1 heterocycles. The van der Waals surface area contributed by atoms with Gasteiger partial charge in [-0.3, -0.25) is 4.79 Å². The third-order valence-electron chi connectivity index (χ3n) is 4.32. The molecule has 7 nitrogen and oxygen atoms in total. The van der Waals surface area contributed by atoms with E-state index in [1.807, 2.05) is 0 Å². The number of ether oxygens (including phenoxy) is 2. The van der Waals surface area contributed by atoms with E-state index in [0.717, 1.165) is 0 Å². The molecule has 134 valence electrons. The summed E-state index contributed by atoms with van der Waals surface area (Å²) in [5.41, 5.74) is 1.28. The number of carbonyl (C=O) groups is 1. The molecule has 1 saturated heterocycles. The van der Waals surface area contributed by atoms with Crippen molar-refractivity contribution in [2.75, 3.05) is 19.6 Å². The Morgan fingerprint density at radius 3 is 2.54 bits per heavy atom. The van der Waals surface area contributed by atoms with Gasteiger partial charge in [-0.25, -0.2) is 0 Å². The molecule has 2 rings (SSSR count). The van der Waals surface area contributed by atoms with Crippen LogP contribution in [-0.2, 0) is 15.3 Å². The van der Waals surface area contributed by atoms with Crippen molar-refractivity contribution in [3.63, 3.8) is 0 Å². The molecule has 0 aromatic heterocycles. The van der Waals surface area contributed by atoms with Gasteiger partial charge in [-0.2, -0.15) is 0 Å². The van der Waals surface area contributed by atoms with Crippen molar-refractivity contribution in [1.29, 1.82) is 0 Å². The van der Waals surface area contributed by atoms with Crippen LogP contribution in [0.2, 0.25) is 0 Å². The van der Waals surface area contributed by atoms with Gasteiger partial charge in [0, 0.05) is 18.2 Å². The van der Waals surface area contributed by atoms with Gasteiger partial charge in [0.25, 0.3) is 0 Å². The number of hydrogen-bond donors (Lipinski definition) is 4. The summed E-state index contributed by atoms with van der Waals surface area (Å²) >= 11 is 5.61. The molecular weight excluding hydrogens is 340 g/mol. The lowest BCUT2D eigenvalue weighted by atomic mass is 9.86. The second kappa shape index (κ2) is 7.45. The largest absolute Gasteiger partial charge is 0.394 e. The van der Waals surface area contributed by atoms with Gasteiger partial charge in [0.15, 0.2) is 5.78 Å². The van der Waals surface area contributed by atoms with Crippen LogP contribution in [0.4, 0.5) is 0 Å². The molecule has 1 aliphatic rings. The number of aliphatic hydroxyl groups excluding tert-OH is 4. The van der Waals surface area contributed by atoms with E-state index in [9.17, 15) is 25.2 Å². The lowest BCUT2D eigenvalue weighted by molar-refractivity contribution is -0.366. The SMILES string of the molecule is COC1(c2ccc(C)c(C(=O)CCl)c2)O[C@H](CO)[C@@H](O)[C@H](O)[C@H]1O. The van der Waals surface area contributed by atoms with E-state index in [1.54, 1.807) is 19.1 Å². The molecule has 0 saturated carbocycles. The first-order chi connectivity index (χ1) is 11.3. The highest BCUT2D eigenvalue weighted by Gasteiger charge is 2.55. The fourth-order valence-electron chi connectivity index (χ4n) is 2.88. The Labute approximate surface area is 144 Å². The highest BCUT2D eigenvalue weighted by atomic mass is 35.5. The normalized spacial score (nSPS) is 33.5. The van der Waals surface area contributed by atoms with Gasteiger partial charge in [-0.15, -0.1) is 11.6 Å². The minimum atomic E-state index is -1.85. The van der Waals surface area contributed by atoms with Crippen LogP contribution in [0.25, 0.3) is 0 Å². The topological polar surface area (TPSA) is 116 Å². The number of ketones is 1. The van der Waals surface area contributed by atoms with Crippen molar-refractivity contribution >= 4 is 17.4 Å². The van der Waals surface area contributed by atoms with Gasteiger partial charge in [-0.1, -0.05) is 12.1 Å². The lowest BCUT2D eigenvalue weighted by Gasteiger charge is -2.47. The highest BCUT2D eigenvalue weighted by molar-refractivity contribution is 6.30. The Kier molecular flexibility index (Phi) is 5.98. The molecule has 1 fully saturated rings. The molecule has 24 heavy (non-hydrogen) atoms. The van der Waals surface area contributed by atoms with Crippen molar-refractivity contribution < 1.29 is 34.7 Å². The Bertz CT molecular complexity index is 606. The highest BCUT2D eigenvalue weighted by Crippen LogP contribution is 2.39. The Morgan fingerprint density at radius 1 is 1.33 bits per heavy atom. The summed E-state index contributed by atoms with van der Waals surface area (Å²) in [6.45, 7) is 1.14. The van der Waals surface area contributed by atoms with E-state index >= 15 is 0 Å². The number of benzene rings is 1. The predicted molar refractivity (Wildman–Crippen MR) is 84.9 cm³/mol. The second-order valence-corrected chi connectivity index (χ2v) is 5.99. The summed E-state index contributed by atoms with van der Waals surface area (Å²) in [7, 11) is 1.25. The van der Waals surface area contributed by atoms with Gasteiger partial charge in [0.05, 0.1) is 12.5 Å². The first-order valence-electron chi connectivity index (χ1n) is 7.40. The number of alkyl halides is 1. The van der Waals surface area contributed by atoms with Crippen LogP contribution in [0, 0.1) is 6.92 Å². The summed E-state index contributed by atoms with van der Waals surface area (Å²) in [5.74, 6) is -2.37. The lowest BCUT2D eigenvalue weighted by Crippen LogP contribution is -2.64. The van der Waals surface area contributed by atoms with E-state index in [2.05, 4.69) is 0 Å². The Hall–Kier alpha value is -1.06. The van der Waals surface area contributed by atoms with E-state index in [1.165, 1.54) is 13.2 Å². The molecule has 1 aromatic carbocycles. The smallest absolute Gasteiger partial charge is 0.224 e. The van der Waals surface area contributed by atoms with Crippen molar-refractivity contribution in [3.05, 3.63) is 34.9 Å². The minimum Gasteiger partial charge on any atom is -0.394 e. The third kappa shape index (κ3) is 3.09.